The molecule has 2 atom stereocenters. The third-order valence-corrected chi connectivity index (χ3v) is 6.70. The first-order valence-corrected chi connectivity index (χ1v) is 12.3. The summed E-state index contributed by atoms with van der Waals surface area (Å²) < 4.78 is 32.7. The highest BCUT2D eigenvalue weighted by Crippen LogP contribution is 2.29. The molecule has 1 unspecified atom stereocenters. The van der Waals surface area contributed by atoms with E-state index in [0.717, 1.165) is 42.9 Å². The van der Waals surface area contributed by atoms with Gasteiger partial charge in [0.15, 0.2) is 11.6 Å². The van der Waals surface area contributed by atoms with E-state index < -0.39 is 11.6 Å². The number of hydrogen-bond acceptors (Lipinski definition) is 7. The molecule has 0 radical (unpaired) electrons. The molecule has 0 spiro atoms. The van der Waals surface area contributed by atoms with Crippen LogP contribution in [0.4, 0.5) is 20.3 Å². The van der Waals surface area contributed by atoms with Crippen molar-refractivity contribution < 1.29 is 18.3 Å². The molecule has 3 aromatic rings. The number of morpholine rings is 1. The van der Waals surface area contributed by atoms with Gasteiger partial charge in [0, 0.05) is 48.6 Å². The van der Waals surface area contributed by atoms with Crippen LogP contribution in [0.5, 0.6) is 0 Å². The lowest BCUT2D eigenvalue weighted by molar-refractivity contribution is 0.0950. The normalized spacial score (nSPS) is 18.9. The lowest BCUT2D eigenvalue weighted by Gasteiger charge is -2.28. The molecular weight excluding hydrogens is 466 g/mol. The second-order valence-electron chi connectivity index (χ2n) is 9.26. The van der Waals surface area contributed by atoms with Crippen LogP contribution >= 0.6 is 0 Å². The first-order valence-electron chi connectivity index (χ1n) is 12.3. The fourth-order valence-corrected chi connectivity index (χ4v) is 4.70. The van der Waals surface area contributed by atoms with Gasteiger partial charge in [0.2, 0.25) is 0 Å². The van der Waals surface area contributed by atoms with Crippen molar-refractivity contribution in [3.05, 3.63) is 59.3 Å². The number of nitrogens with one attached hydrogen (secondary N) is 3. The van der Waals surface area contributed by atoms with E-state index in [1.807, 2.05) is 6.92 Å². The van der Waals surface area contributed by atoms with Crippen molar-refractivity contribution in [3.8, 4) is 0 Å². The first kappa shape index (κ1) is 24.3. The molecule has 2 aliphatic rings. The Balaban J connectivity index is 1.48. The minimum absolute atomic E-state index is 0.189. The lowest BCUT2D eigenvalue weighted by Crippen LogP contribution is -2.37. The molecule has 2 aliphatic heterocycles. The summed E-state index contributed by atoms with van der Waals surface area (Å²) in [5.74, 6) is -1.29. The standard InChI is InChI=1S/C26H30F2N6O2/c1-16(32-18-4-5-21(27)22(28)13-18)20-11-17(26(35)31-14-19-3-2-6-29-19)12-23-25(20)33-24(15-30-23)34-7-9-36-10-8-34/h4-5,11-13,15-16,19,29,32H,2-3,6-10,14H2,1H3,(H,31,35)/t16?,19-/m1/s1. The molecular formula is C26H30F2N6O2. The van der Waals surface area contributed by atoms with Crippen LogP contribution in [0.1, 0.15) is 41.7 Å². The van der Waals surface area contributed by atoms with E-state index in [9.17, 15) is 13.6 Å². The van der Waals surface area contributed by atoms with Gasteiger partial charge in [-0.15, -0.1) is 0 Å². The third-order valence-electron chi connectivity index (χ3n) is 6.70. The van der Waals surface area contributed by atoms with Gasteiger partial charge >= 0.3 is 0 Å². The Morgan fingerprint density at radius 3 is 2.81 bits per heavy atom. The molecule has 190 valence electrons. The van der Waals surface area contributed by atoms with Gasteiger partial charge in [-0.25, -0.2) is 13.8 Å². The summed E-state index contributed by atoms with van der Waals surface area (Å²) in [7, 11) is 0. The predicted octanol–water partition coefficient (Wildman–Crippen LogP) is 3.40. The van der Waals surface area contributed by atoms with E-state index in [1.54, 1.807) is 18.3 Å². The highest BCUT2D eigenvalue weighted by molar-refractivity contribution is 5.98. The number of aromatic nitrogens is 2. The summed E-state index contributed by atoms with van der Waals surface area (Å²) >= 11 is 0. The zero-order valence-corrected chi connectivity index (χ0v) is 20.2. The Morgan fingerprint density at radius 1 is 1.22 bits per heavy atom. The predicted molar refractivity (Wildman–Crippen MR) is 134 cm³/mol. The van der Waals surface area contributed by atoms with Crippen molar-refractivity contribution in [2.24, 2.45) is 0 Å². The largest absolute Gasteiger partial charge is 0.378 e. The maximum atomic E-state index is 13.8. The Kier molecular flexibility index (Phi) is 7.24. The van der Waals surface area contributed by atoms with E-state index >= 15 is 0 Å². The number of carbonyl (C=O) groups is 1. The van der Waals surface area contributed by atoms with E-state index in [1.165, 1.54) is 6.07 Å². The minimum atomic E-state index is -0.930. The van der Waals surface area contributed by atoms with Gasteiger partial charge in [0.1, 0.15) is 5.82 Å². The van der Waals surface area contributed by atoms with Crippen LogP contribution in [0.25, 0.3) is 11.0 Å². The maximum Gasteiger partial charge on any atom is 0.251 e. The zero-order chi connectivity index (χ0) is 25.1. The molecule has 2 aromatic carbocycles. The molecule has 36 heavy (non-hydrogen) atoms. The summed E-state index contributed by atoms with van der Waals surface area (Å²) in [5.41, 5.74) is 2.88. The molecule has 5 rings (SSSR count). The number of amides is 1. The van der Waals surface area contributed by atoms with Crippen LogP contribution in [0.2, 0.25) is 0 Å². The van der Waals surface area contributed by atoms with Crippen molar-refractivity contribution in [2.75, 3.05) is 49.6 Å². The van der Waals surface area contributed by atoms with E-state index in [4.69, 9.17) is 9.72 Å². The SMILES string of the molecule is CC(Nc1ccc(F)c(F)c1)c1cc(C(=O)NC[C@H]2CCCN2)cc2ncc(N3CCOCC3)nc12. The lowest BCUT2D eigenvalue weighted by atomic mass is 10.0. The van der Waals surface area contributed by atoms with Gasteiger partial charge in [-0.2, -0.15) is 0 Å². The fourth-order valence-electron chi connectivity index (χ4n) is 4.70. The van der Waals surface area contributed by atoms with Gasteiger partial charge in [-0.05, 0) is 50.6 Å². The van der Waals surface area contributed by atoms with Crippen molar-refractivity contribution >= 4 is 28.4 Å². The van der Waals surface area contributed by atoms with Crippen LogP contribution in [-0.4, -0.2) is 61.3 Å². The Bertz CT molecular complexity index is 1240. The smallest absolute Gasteiger partial charge is 0.251 e. The summed E-state index contributed by atoms with van der Waals surface area (Å²) in [4.78, 5) is 24.7. The van der Waals surface area contributed by atoms with Gasteiger partial charge < -0.3 is 25.6 Å². The van der Waals surface area contributed by atoms with E-state index in [0.29, 0.717) is 55.1 Å². The summed E-state index contributed by atoms with van der Waals surface area (Å²) in [6.45, 7) is 6.08. The summed E-state index contributed by atoms with van der Waals surface area (Å²) in [5, 5.41) is 9.60. The fraction of sp³-hybridized carbons (Fsp3) is 0.423. The van der Waals surface area contributed by atoms with Gasteiger partial charge in [0.25, 0.3) is 5.91 Å². The molecule has 10 heteroatoms. The number of rotatable bonds is 7. The Morgan fingerprint density at radius 2 is 2.06 bits per heavy atom. The van der Waals surface area contributed by atoms with Gasteiger partial charge in [-0.3, -0.25) is 9.78 Å². The molecule has 0 aliphatic carbocycles. The first-order chi connectivity index (χ1) is 17.5. The molecule has 0 bridgehead atoms. The highest BCUT2D eigenvalue weighted by atomic mass is 19.2. The average Bonchev–Trinajstić information content (AvgIpc) is 3.43. The van der Waals surface area contributed by atoms with Crippen LogP contribution < -0.4 is 20.9 Å². The summed E-state index contributed by atoms with van der Waals surface area (Å²) in [6.07, 6.45) is 3.86. The Labute approximate surface area is 208 Å². The second-order valence-corrected chi connectivity index (χ2v) is 9.26. The molecule has 3 N–H and O–H groups in total. The van der Waals surface area contributed by atoms with Crippen LogP contribution in [-0.2, 0) is 4.74 Å². The van der Waals surface area contributed by atoms with Crippen molar-refractivity contribution in [1.29, 1.82) is 0 Å². The minimum Gasteiger partial charge on any atom is -0.378 e. The zero-order valence-electron chi connectivity index (χ0n) is 20.2. The number of anilines is 2. The van der Waals surface area contributed by atoms with Crippen LogP contribution in [0, 0.1) is 11.6 Å². The van der Waals surface area contributed by atoms with Crippen molar-refractivity contribution in [1.82, 2.24) is 20.6 Å². The molecule has 1 aromatic heterocycles. The molecule has 3 heterocycles. The van der Waals surface area contributed by atoms with Crippen molar-refractivity contribution in [3.63, 3.8) is 0 Å². The number of fused-ring (bicyclic) bond motifs is 1. The van der Waals surface area contributed by atoms with E-state index in [2.05, 4.69) is 25.8 Å². The highest BCUT2D eigenvalue weighted by Gasteiger charge is 2.21. The molecule has 2 fully saturated rings. The topological polar surface area (TPSA) is 91.4 Å². The molecule has 8 nitrogen and oxygen atoms in total. The second kappa shape index (κ2) is 10.7. The van der Waals surface area contributed by atoms with Gasteiger partial charge in [-0.1, -0.05) is 0 Å². The van der Waals surface area contributed by atoms with Crippen LogP contribution in [0.3, 0.4) is 0 Å². The number of hydrogen-bond donors (Lipinski definition) is 3. The quantitative estimate of drug-likeness (QED) is 0.462. The average molecular weight is 497 g/mol. The number of benzene rings is 2. The monoisotopic (exact) mass is 496 g/mol. The van der Waals surface area contributed by atoms with E-state index in [-0.39, 0.29) is 18.0 Å². The maximum absolute atomic E-state index is 13.8. The van der Waals surface area contributed by atoms with Gasteiger partial charge in [0.05, 0.1) is 36.5 Å². The number of carbonyl (C=O) groups excluding carboxylic acids is 1. The van der Waals surface area contributed by atoms with Crippen LogP contribution in [0.15, 0.2) is 36.5 Å². The third kappa shape index (κ3) is 5.39. The molecule has 2 saturated heterocycles. The Hall–Kier alpha value is -3.37. The van der Waals surface area contributed by atoms with Crippen molar-refractivity contribution in [2.45, 2.75) is 31.8 Å². The molecule has 1 amide bonds. The number of halogens is 2. The number of nitrogens with zero attached hydrogens (tertiary/aromatic N) is 3. The molecule has 0 saturated carbocycles. The number of ether oxygens (including phenoxy) is 1. The summed E-state index contributed by atoms with van der Waals surface area (Å²) in [6, 6.07) is 7.14.